The van der Waals surface area contributed by atoms with Gasteiger partial charge in [-0.25, -0.2) is 4.98 Å². The Balaban J connectivity index is 2.92. The van der Waals surface area contributed by atoms with Gasteiger partial charge in [0.05, 0.1) is 17.2 Å². The first-order valence-electron chi connectivity index (χ1n) is 4.53. The number of rotatable bonds is 4. The van der Waals surface area contributed by atoms with Crippen molar-refractivity contribution in [1.29, 1.82) is 0 Å². The zero-order valence-corrected chi connectivity index (χ0v) is 9.19. The molecular formula is C9H16N2OS. The maximum atomic E-state index is 9.07. The van der Waals surface area contributed by atoms with Crippen molar-refractivity contribution in [2.24, 2.45) is 0 Å². The number of aromatic nitrogens is 1. The van der Waals surface area contributed by atoms with Crippen molar-refractivity contribution in [3.8, 4) is 0 Å². The fourth-order valence-electron chi connectivity index (χ4n) is 1.07. The Morgan fingerprint density at radius 2 is 2.15 bits per heavy atom. The molecule has 1 N–H and O–H groups in total. The Morgan fingerprint density at radius 1 is 1.46 bits per heavy atom. The molecule has 0 radical (unpaired) electrons. The number of aryl methyl sites for hydroxylation is 1. The monoisotopic (exact) mass is 200 g/mol. The smallest absolute Gasteiger partial charge is 0.185 e. The van der Waals surface area contributed by atoms with Gasteiger partial charge in [-0.2, -0.15) is 0 Å². The van der Waals surface area contributed by atoms with Gasteiger partial charge in [0.1, 0.15) is 0 Å². The number of nitrogens with zero attached hydrogens (tertiary/aromatic N) is 2. The average molecular weight is 200 g/mol. The maximum Gasteiger partial charge on any atom is 0.185 e. The summed E-state index contributed by atoms with van der Waals surface area (Å²) in [4.78, 5) is 7.54. The summed E-state index contributed by atoms with van der Waals surface area (Å²) in [5.41, 5.74) is 1.03. The molecule has 0 aromatic carbocycles. The van der Waals surface area contributed by atoms with E-state index in [2.05, 4.69) is 23.7 Å². The summed E-state index contributed by atoms with van der Waals surface area (Å²) in [6.07, 6.45) is 0.893. The molecule has 4 heteroatoms. The standard InChI is InChI=1S/C9H16N2OS/c1-4-7-8(6-12)13-9(10-7)11(3)5-2/h12H,4-6H2,1-3H3. The second-order valence-electron chi connectivity index (χ2n) is 2.89. The Bertz CT molecular complexity index is 251. The van der Waals surface area contributed by atoms with Crippen LogP contribution >= 0.6 is 11.3 Å². The lowest BCUT2D eigenvalue weighted by molar-refractivity contribution is 0.284. The minimum absolute atomic E-state index is 0.110. The van der Waals surface area contributed by atoms with Crippen LogP contribution in [0.15, 0.2) is 0 Å². The first-order valence-corrected chi connectivity index (χ1v) is 5.35. The van der Waals surface area contributed by atoms with Gasteiger partial charge >= 0.3 is 0 Å². The number of aliphatic hydroxyl groups is 1. The lowest BCUT2D eigenvalue weighted by Gasteiger charge is -2.11. The molecule has 3 nitrogen and oxygen atoms in total. The Morgan fingerprint density at radius 3 is 2.54 bits per heavy atom. The second kappa shape index (κ2) is 4.58. The molecule has 0 aliphatic carbocycles. The van der Waals surface area contributed by atoms with Crippen molar-refractivity contribution >= 4 is 16.5 Å². The third kappa shape index (κ3) is 2.19. The van der Waals surface area contributed by atoms with Crippen LogP contribution in [0.5, 0.6) is 0 Å². The van der Waals surface area contributed by atoms with E-state index in [-0.39, 0.29) is 6.61 Å². The predicted octanol–water partition coefficient (Wildman–Crippen LogP) is 1.65. The van der Waals surface area contributed by atoms with Crippen molar-refractivity contribution < 1.29 is 5.11 Å². The number of hydrogen-bond acceptors (Lipinski definition) is 4. The molecule has 1 aromatic rings. The Hall–Kier alpha value is -0.610. The van der Waals surface area contributed by atoms with Crippen LogP contribution < -0.4 is 4.90 Å². The van der Waals surface area contributed by atoms with Gasteiger partial charge in [0, 0.05) is 13.6 Å². The highest BCUT2D eigenvalue weighted by molar-refractivity contribution is 7.15. The highest BCUT2D eigenvalue weighted by atomic mass is 32.1. The van der Waals surface area contributed by atoms with E-state index < -0.39 is 0 Å². The fourth-order valence-corrected chi connectivity index (χ4v) is 2.10. The van der Waals surface area contributed by atoms with E-state index in [1.807, 2.05) is 7.05 Å². The normalized spacial score (nSPS) is 10.5. The van der Waals surface area contributed by atoms with Gasteiger partial charge in [0.2, 0.25) is 0 Å². The lowest BCUT2D eigenvalue weighted by Crippen LogP contribution is -2.15. The minimum atomic E-state index is 0.110. The van der Waals surface area contributed by atoms with Crippen LogP contribution in [-0.2, 0) is 13.0 Å². The van der Waals surface area contributed by atoms with Crippen molar-refractivity contribution in [2.45, 2.75) is 26.9 Å². The summed E-state index contributed by atoms with van der Waals surface area (Å²) in [5, 5.41) is 10.1. The van der Waals surface area contributed by atoms with E-state index in [1.165, 1.54) is 0 Å². The number of aliphatic hydroxyl groups excluding tert-OH is 1. The molecule has 0 fully saturated rings. The molecule has 0 saturated heterocycles. The third-order valence-electron chi connectivity index (χ3n) is 2.05. The van der Waals surface area contributed by atoms with Crippen LogP contribution in [0.25, 0.3) is 0 Å². The van der Waals surface area contributed by atoms with E-state index in [0.29, 0.717) is 0 Å². The summed E-state index contributed by atoms with van der Waals surface area (Å²) in [5.74, 6) is 0. The van der Waals surface area contributed by atoms with Gasteiger partial charge in [0.25, 0.3) is 0 Å². The first-order chi connectivity index (χ1) is 6.22. The summed E-state index contributed by atoms with van der Waals surface area (Å²) < 4.78 is 0. The van der Waals surface area contributed by atoms with Crippen molar-refractivity contribution in [3.63, 3.8) is 0 Å². The molecule has 0 bridgehead atoms. The molecule has 1 aromatic heterocycles. The highest BCUT2D eigenvalue weighted by Gasteiger charge is 2.10. The molecule has 0 aliphatic heterocycles. The van der Waals surface area contributed by atoms with E-state index >= 15 is 0 Å². The highest BCUT2D eigenvalue weighted by Crippen LogP contribution is 2.25. The zero-order chi connectivity index (χ0) is 9.84. The van der Waals surface area contributed by atoms with Gasteiger partial charge in [-0.05, 0) is 13.3 Å². The summed E-state index contributed by atoms with van der Waals surface area (Å²) >= 11 is 1.58. The summed E-state index contributed by atoms with van der Waals surface area (Å²) in [7, 11) is 2.01. The first kappa shape index (κ1) is 10.5. The molecule has 74 valence electrons. The summed E-state index contributed by atoms with van der Waals surface area (Å²) in [6.45, 7) is 5.20. The molecule has 0 aliphatic rings. The number of anilines is 1. The molecule has 1 rings (SSSR count). The fraction of sp³-hybridized carbons (Fsp3) is 0.667. The topological polar surface area (TPSA) is 36.4 Å². The van der Waals surface area contributed by atoms with Crippen molar-refractivity contribution in [3.05, 3.63) is 10.6 Å². The van der Waals surface area contributed by atoms with Crippen LogP contribution in [0.1, 0.15) is 24.4 Å². The Labute approximate surface area is 83.0 Å². The third-order valence-corrected chi connectivity index (χ3v) is 3.24. The largest absolute Gasteiger partial charge is 0.391 e. The van der Waals surface area contributed by atoms with Gasteiger partial charge in [-0.1, -0.05) is 18.3 Å². The van der Waals surface area contributed by atoms with E-state index in [0.717, 1.165) is 28.7 Å². The van der Waals surface area contributed by atoms with Crippen molar-refractivity contribution in [2.75, 3.05) is 18.5 Å². The lowest BCUT2D eigenvalue weighted by atomic mass is 10.3. The molecule has 0 atom stereocenters. The Kier molecular flexibility index (Phi) is 3.69. The van der Waals surface area contributed by atoms with E-state index in [4.69, 9.17) is 5.11 Å². The quantitative estimate of drug-likeness (QED) is 0.803. The number of thiazole rings is 1. The average Bonchev–Trinajstić information content (AvgIpc) is 2.59. The van der Waals surface area contributed by atoms with Crippen LogP contribution in [0.4, 0.5) is 5.13 Å². The number of hydrogen-bond donors (Lipinski definition) is 1. The summed E-state index contributed by atoms with van der Waals surface area (Å²) in [6, 6.07) is 0. The molecular weight excluding hydrogens is 184 g/mol. The minimum Gasteiger partial charge on any atom is -0.391 e. The van der Waals surface area contributed by atoms with Gasteiger partial charge in [-0.15, -0.1) is 0 Å². The van der Waals surface area contributed by atoms with Crippen LogP contribution in [0, 0.1) is 0 Å². The molecule has 0 spiro atoms. The van der Waals surface area contributed by atoms with Crippen molar-refractivity contribution in [1.82, 2.24) is 4.98 Å². The second-order valence-corrected chi connectivity index (χ2v) is 3.95. The maximum absolute atomic E-state index is 9.07. The van der Waals surface area contributed by atoms with E-state index in [9.17, 15) is 0 Å². The van der Waals surface area contributed by atoms with Gasteiger partial charge in [-0.3, -0.25) is 0 Å². The molecule has 0 amide bonds. The molecule has 0 saturated carbocycles. The predicted molar refractivity (Wildman–Crippen MR) is 56.4 cm³/mol. The van der Waals surface area contributed by atoms with Crippen LogP contribution in [0.2, 0.25) is 0 Å². The van der Waals surface area contributed by atoms with Gasteiger partial charge in [0.15, 0.2) is 5.13 Å². The molecule has 0 unspecified atom stereocenters. The molecule has 1 heterocycles. The van der Waals surface area contributed by atoms with E-state index in [1.54, 1.807) is 11.3 Å². The van der Waals surface area contributed by atoms with Crippen LogP contribution in [-0.4, -0.2) is 23.7 Å². The molecule has 13 heavy (non-hydrogen) atoms. The SMILES string of the molecule is CCc1nc(N(C)CC)sc1CO. The zero-order valence-electron chi connectivity index (χ0n) is 8.37. The van der Waals surface area contributed by atoms with Gasteiger partial charge < -0.3 is 10.0 Å². The van der Waals surface area contributed by atoms with Crippen LogP contribution in [0.3, 0.4) is 0 Å².